The van der Waals surface area contributed by atoms with Crippen LogP contribution in [-0.4, -0.2) is 33.3 Å². The van der Waals surface area contributed by atoms with Crippen molar-refractivity contribution in [2.45, 2.75) is 40.2 Å². The van der Waals surface area contributed by atoms with E-state index in [1.54, 1.807) is 6.07 Å². The largest absolute Gasteiger partial charge is 0.355 e. The van der Waals surface area contributed by atoms with Crippen LogP contribution in [0, 0.1) is 32.5 Å². The number of carbonyl (C=O) groups is 1. The fourth-order valence-electron chi connectivity index (χ4n) is 5.16. The van der Waals surface area contributed by atoms with Gasteiger partial charge in [0.15, 0.2) is 5.82 Å². The molecule has 6 nitrogen and oxygen atoms in total. The van der Waals surface area contributed by atoms with Gasteiger partial charge in [0.2, 0.25) is 5.91 Å². The van der Waals surface area contributed by atoms with Crippen molar-refractivity contribution in [1.29, 1.82) is 0 Å². The summed E-state index contributed by atoms with van der Waals surface area (Å²) >= 11 is 0. The molecule has 2 aromatic heterocycles. The number of benzene rings is 2. The molecular formula is C29H32FN5O. The molecule has 0 atom stereocenters. The molecule has 1 saturated heterocycles. The monoisotopic (exact) mass is 485 g/mol. The molecule has 0 bridgehead atoms. The molecule has 1 aliphatic rings. The van der Waals surface area contributed by atoms with E-state index in [4.69, 9.17) is 5.10 Å². The third-order valence-corrected chi connectivity index (χ3v) is 7.02. The van der Waals surface area contributed by atoms with Gasteiger partial charge in [0, 0.05) is 36.9 Å². The van der Waals surface area contributed by atoms with Crippen LogP contribution in [0.5, 0.6) is 0 Å². The molecule has 7 heteroatoms. The van der Waals surface area contributed by atoms with Crippen LogP contribution in [0.1, 0.15) is 35.5 Å². The smallest absolute Gasteiger partial charge is 0.223 e. The number of aromatic nitrogens is 3. The first kappa shape index (κ1) is 23.9. The van der Waals surface area contributed by atoms with Gasteiger partial charge in [-0.3, -0.25) is 4.79 Å². The number of hydrogen-bond acceptors (Lipinski definition) is 3. The summed E-state index contributed by atoms with van der Waals surface area (Å²) in [5.74, 6) is 0.732. The molecule has 36 heavy (non-hydrogen) atoms. The van der Waals surface area contributed by atoms with Crippen LogP contribution in [0.15, 0.2) is 66.7 Å². The molecule has 0 unspecified atom stereocenters. The quantitative estimate of drug-likeness (QED) is 0.405. The summed E-state index contributed by atoms with van der Waals surface area (Å²) in [7, 11) is 0. The van der Waals surface area contributed by atoms with Gasteiger partial charge in [0.25, 0.3) is 0 Å². The van der Waals surface area contributed by atoms with Gasteiger partial charge in [0.1, 0.15) is 11.5 Å². The minimum Gasteiger partial charge on any atom is -0.355 e. The second-order valence-corrected chi connectivity index (χ2v) is 9.57. The lowest BCUT2D eigenvalue weighted by Gasteiger charge is -2.34. The Hall–Kier alpha value is -3.87. The van der Waals surface area contributed by atoms with Gasteiger partial charge < -0.3 is 14.8 Å². The average Bonchev–Trinajstić information content (AvgIpc) is 3.40. The summed E-state index contributed by atoms with van der Waals surface area (Å²) in [4.78, 5) is 15.2. The third kappa shape index (κ3) is 4.65. The van der Waals surface area contributed by atoms with Crippen molar-refractivity contribution in [3.63, 3.8) is 0 Å². The Balaban J connectivity index is 1.38. The molecule has 0 spiro atoms. The number of carbonyl (C=O) groups excluding carboxylic acids is 1. The van der Waals surface area contributed by atoms with Gasteiger partial charge in [-0.1, -0.05) is 30.3 Å². The van der Waals surface area contributed by atoms with Crippen LogP contribution in [0.3, 0.4) is 0 Å². The van der Waals surface area contributed by atoms with Crippen molar-refractivity contribution < 1.29 is 9.18 Å². The molecule has 186 valence electrons. The standard InChI is InChI=1S/C29H32FN5O/c1-20-12-13-21(2)34(20)27-22(3)32-35(26-10-5-4-6-11-26)29(27)33-16-14-24(15-17-33)28(36)31-19-23-8-7-9-25(30)18-23/h4-13,18,24H,14-17,19H2,1-3H3,(H,31,36). The fourth-order valence-corrected chi connectivity index (χ4v) is 5.16. The Morgan fingerprint density at radius 1 is 0.972 bits per heavy atom. The van der Waals surface area contributed by atoms with Crippen molar-refractivity contribution in [1.82, 2.24) is 19.7 Å². The van der Waals surface area contributed by atoms with E-state index < -0.39 is 0 Å². The van der Waals surface area contributed by atoms with Crippen LogP contribution < -0.4 is 10.2 Å². The predicted octanol–water partition coefficient (Wildman–Crippen LogP) is 5.26. The number of nitrogens with zero attached hydrogens (tertiary/aromatic N) is 4. The summed E-state index contributed by atoms with van der Waals surface area (Å²) in [6, 6.07) is 20.8. The SMILES string of the molecule is Cc1nn(-c2ccccc2)c(N2CCC(C(=O)NCc3cccc(F)c3)CC2)c1-n1c(C)ccc1C. The lowest BCUT2D eigenvalue weighted by Crippen LogP contribution is -2.41. The second kappa shape index (κ2) is 10.0. The fraction of sp³-hybridized carbons (Fsp3) is 0.310. The van der Waals surface area contributed by atoms with Gasteiger partial charge in [0.05, 0.1) is 11.4 Å². The topological polar surface area (TPSA) is 55.1 Å². The number of rotatable bonds is 6. The second-order valence-electron chi connectivity index (χ2n) is 9.57. The highest BCUT2D eigenvalue weighted by Gasteiger charge is 2.30. The molecular weight excluding hydrogens is 453 g/mol. The van der Waals surface area contributed by atoms with Gasteiger partial charge in [-0.25, -0.2) is 9.07 Å². The highest BCUT2D eigenvalue weighted by Crippen LogP contribution is 2.35. The molecule has 3 heterocycles. The Morgan fingerprint density at radius 3 is 2.33 bits per heavy atom. The minimum absolute atomic E-state index is 0.0315. The summed E-state index contributed by atoms with van der Waals surface area (Å²) in [6.07, 6.45) is 1.49. The van der Waals surface area contributed by atoms with E-state index in [1.165, 1.54) is 12.1 Å². The number of aryl methyl sites for hydroxylation is 3. The lowest BCUT2D eigenvalue weighted by molar-refractivity contribution is -0.125. The van der Waals surface area contributed by atoms with E-state index in [2.05, 4.69) is 59.8 Å². The van der Waals surface area contributed by atoms with Crippen LogP contribution in [0.25, 0.3) is 11.4 Å². The zero-order valence-corrected chi connectivity index (χ0v) is 21.0. The van der Waals surface area contributed by atoms with E-state index in [9.17, 15) is 9.18 Å². The number of piperidine rings is 1. The zero-order valence-electron chi connectivity index (χ0n) is 21.0. The highest BCUT2D eigenvalue weighted by molar-refractivity contribution is 5.79. The van der Waals surface area contributed by atoms with Crippen LogP contribution in [0.2, 0.25) is 0 Å². The molecule has 1 N–H and O–H groups in total. The van der Waals surface area contributed by atoms with Crippen LogP contribution >= 0.6 is 0 Å². The van der Waals surface area contributed by atoms with E-state index in [0.717, 1.165) is 65.8 Å². The van der Waals surface area contributed by atoms with Crippen LogP contribution in [0.4, 0.5) is 10.2 Å². The van der Waals surface area contributed by atoms with E-state index >= 15 is 0 Å². The number of amides is 1. The maximum Gasteiger partial charge on any atom is 0.223 e. The Labute approximate surface area is 211 Å². The van der Waals surface area contributed by atoms with Crippen LogP contribution in [-0.2, 0) is 11.3 Å². The molecule has 1 aliphatic heterocycles. The first-order valence-corrected chi connectivity index (χ1v) is 12.5. The molecule has 4 aromatic rings. The number of hydrogen-bond donors (Lipinski definition) is 1. The van der Waals surface area contributed by atoms with Gasteiger partial charge in [-0.2, -0.15) is 5.10 Å². The maximum absolute atomic E-state index is 13.5. The van der Waals surface area contributed by atoms with Crippen molar-refractivity contribution in [3.8, 4) is 11.4 Å². The number of halogens is 1. The highest BCUT2D eigenvalue weighted by atomic mass is 19.1. The molecule has 0 saturated carbocycles. The van der Waals surface area contributed by atoms with Crippen molar-refractivity contribution in [3.05, 3.63) is 95.2 Å². The van der Waals surface area contributed by atoms with E-state index in [0.29, 0.717) is 6.54 Å². The van der Waals surface area contributed by atoms with Gasteiger partial charge in [-0.15, -0.1) is 0 Å². The van der Waals surface area contributed by atoms with Crippen molar-refractivity contribution in [2.24, 2.45) is 5.92 Å². The summed E-state index contributed by atoms with van der Waals surface area (Å²) in [5.41, 5.74) is 6.16. The van der Waals surface area contributed by atoms with E-state index in [-0.39, 0.29) is 17.6 Å². The molecule has 0 aliphatic carbocycles. The summed E-state index contributed by atoms with van der Waals surface area (Å²) in [6.45, 7) is 8.14. The summed E-state index contributed by atoms with van der Waals surface area (Å²) in [5, 5.41) is 7.96. The number of para-hydroxylation sites is 1. The summed E-state index contributed by atoms with van der Waals surface area (Å²) < 4.78 is 17.8. The first-order chi connectivity index (χ1) is 17.4. The van der Waals surface area contributed by atoms with Crippen molar-refractivity contribution in [2.75, 3.05) is 18.0 Å². The zero-order chi connectivity index (χ0) is 25.2. The Kier molecular flexibility index (Phi) is 6.63. The Morgan fingerprint density at radius 2 is 1.67 bits per heavy atom. The average molecular weight is 486 g/mol. The number of anilines is 1. The lowest BCUT2D eigenvalue weighted by atomic mass is 9.95. The maximum atomic E-state index is 13.5. The molecule has 5 rings (SSSR count). The van der Waals surface area contributed by atoms with Crippen molar-refractivity contribution >= 4 is 11.7 Å². The van der Waals surface area contributed by atoms with E-state index in [1.807, 2.05) is 28.9 Å². The van der Waals surface area contributed by atoms with Gasteiger partial charge >= 0.3 is 0 Å². The molecule has 2 aromatic carbocycles. The Bertz CT molecular complexity index is 1350. The predicted molar refractivity (Wildman–Crippen MR) is 140 cm³/mol. The first-order valence-electron chi connectivity index (χ1n) is 12.5. The number of nitrogens with one attached hydrogen (secondary N) is 1. The third-order valence-electron chi connectivity index (χ3n) is 7.02. The molecule has 1 amide bonds. The molecule has 0 radical (unpaired) electrons. The van der Waals surface area contributed by atoms with Gasteiger partial charge in [-0.05, 0) is 75.6 Å². The minimum atomic E-state index is -0.288. The normalized spacial score (nSPS) is 14.3. The molecule has 1 fully saturated rings.